The van der Waals surface area contributed by atoms with Gasteiger partial charge < -0.3 is 5.11 Å². The van der Waals surface area contributed by atoms with Gasteiger partial charge in [0.2, 0.25) is 0 Å². The summed E-state index contributed by atoms with van der Waals surface area (Å²) in [7, 11) is 0. The maximum absolute atomic E-state index is 10.7. The first-order valence-corrected chi connectivity index (χ1v) is 3.71. The van der Waals surface area contributed by atoms with E-state index in [1.165, 1.54) is 17.0 Å². The first kappa shape index (κ1) is 7.72. The van der Waals surface area contributed by atoms with Crippen LogP contribution in [0.5, 0.6) is 0 Å². The Morgan fingerprint density at radius 3 is 3.00 bits per heavy atom. The normalized spacial score (nSPS) is 10.5. The van der Waals surface area contributed by atoms with E-state index in [0.29, 0.717) is 5.56 Å². The van der Waals surface area contributed by atoms with Crippen LogP contribution in [-0.4, -0.2) is 25.7 Å². The molecule has 0 fully saturated rings. The van der Waals surface area contributed by atoms with Crippen molar-refractivity contribution in [1.82, 2.24) is 14.6 Å². The molecule has 2 aromatic heterocycles. The molecular weight excluding hydrogens is 170 g/mol. The van der Waals surface area contributed by atoms with Crippen LogP contribution in [0, 0.1) is 6.92 Å². The molecule has 0 bridgehead atoms. The number of carboxylic acid groups (broad SMARTS) is 1. The van der Waals surface area contributed by atoms with Crippen molar-refractivity contribution in [2.24, 2.45) is 0 Å². The summed E-state index contributed by atoms with van der Waals surface area (Å²) in [5.74, 6) is -0.942. The first-order valence-electron chi connectivity index (χ1n) is 3.71. The minimum Gasteiger partial charge on any atom is -0.478 e. The number of hydrogen-bond donors (Lipinski definition) is 1. The summed E-state index contributed by atoms with van der Waals surface area (Å²) in [6, 6.07) is 0. The lowest BCUT2D eigenvalue weighted by Crippen LogP contribution is -1.95. The third kappa shape index (κ3) is 1.05. The van der Waals surface area contributed by atoms with Gasteiger partial charge in [-0.2, -0.15) is 5.10 Å². The summed E-state index contributed by atoms with van der Waals surface area (Å²) in [5, 5.41) is 12.7. The summed E-state index contributed by atoms with van der Waals surface area (Å²) >= 11 is 0. The van der Waals surface area contributed by atoms with E-state index in [9.17, 15) is 4.79 Å². The summed E-state index contributed by atoms with van der Waals surface area (Å²) < 4.78 is 1.51. The van der Waals surface area contributed by atoms with E-state index in [4.69, 9.17) is 5.11 Å². The Balaban J connectivity index is 2.81. The van der Waals surface area contributed by atoms with Crippen molar-refractivity contribution in [3.8, 4) is 0 Å². The fourth-order valence-electron chi connectivity index (χ4n) is 1.25. The van der Waals surface area contributed by atoms with Crippen LogP contribution in [0.1, 0.15) is 15.9 Å². The van der Waals surface area contributed by atoms with Crippen molar-refractivity contribution >= 4 is 11.5 Å². The fourth-order valence-corrected chi connectivity index (χ4v) is 1.25. The number of aromatic nitrogens is 3. The molecule has 2 rings (SSSR count). The molecule has 0 radical (unpaired) electrons. The molecule has 0 unspecified atom stereocenters. The monoisotopic (exact) mass is 177 g/mol. The summed E-state index contributed by atoms with van der Waals surface area (Å²) in [6.45, 7) is 1.74. The van der Waals surface area contributed by atoms with Gasteiger partial charge in [-0.3, -0.25) is 0 Å². The van der Waals surface area contributed by atoms with Crippen LogP contribution in [0.15, 0.2) is 18.7 Å². The van der Waals surface area contributed by atoms with Gasteiger partial charge in [-0.1, -0.05) is 0 Å². The first-order chi connectivity index (χ1) is 6.20. The van der Waals surface area contributed by atoms with Crippen molar-refractivity contribution in [3.63, 3.8) is 0 Å². The molecule has 2 aromatic rings. The van der Waals surface area contributed by atoms with Gasteiger partial charge in [-0.15, -0.1) is 0 Å². The zero-order valence-electron chi connectivity index (χ0n) is 6.93. The van der Waals surface area contributed by atoms with Crippen molar-refractivity contribution in [2.45, 2.75) is 6.92 Å². The molecule has 0 amide bonds. The molecule has 0 aliphatic carbocycles. The Hall–Kier alpha value is -1.91. The standard InChI is InChI=1S/C8H7N3O2/c1-5-6(8(12)13)3-11-7(5)2-9-4-10-11/h2-4H,1H3,(H,12,13). The molecule has 13 heavy (non-hydrogen) atoms. The minimum absolute atomic E-state index is 0.264. The van der Waals surface area contributed by atoms with Crippen LogP contribution < -0.4 is 0 Å². The molecule has 0 aliphatic rings. The number of hydrogen-bond acceptors (Lipinski definition) is 3. The summed E-state index contributed by atoms with van der Waals surface area (Å²) in [6.07, 6.45) is 4.45. The molecule has 2 heterocycles. The topological polar surface area (TPSA) is 67.5 Å². The van der Waals surface area contributed by atoms with E-state index in [1.807, 2.05) is 0 Å². The van der Waals surface area contributed by atoms with Crippen LogP contribution in [0.4, 0.5) is 0 Å². The van der Waals surface area contributed by atoms with Gasteiger partial charge >= 0.3 is 5.97 Å². The quantitative estimate of drug-likeness (QED) is 0.697. The molecule has 5 nitrogen and oxygen atoms in total. The van der Waals surface area contributed by atoms with Gasteiger partial charge in [0.05, 0.1) is 17.3 Å². The minimum atomic E-state index is -0.942. The maximum Gasteiger partial charge on any atom is 0.337 e. The number of aryl methyl sites for hydroxylation is 1. The zero-order valence-corrected chi connectivity index (χ0v) is 6.93. The predicted octanol–water partition coefficient (Wildman–Crippen LogP) is 0.736. The Bertz CT molecular complexity index is 475. The number of aromatic carboxylic acids is 1. The second-order valence-corrected chi connectivity index (χ2v) is 2.71. The Labute approximate surface area is 73.6 Å². The van der Waals surface area contributed by atoms with Crippen molar-refractivity contribution in [3.05, 3.63) is 29.8 Å². The Kier molecular flexibility index (Phi) is 1.51. The average Bonchev–Trinajstić information content (AvgIpc) is 2.45. The molecule has 0 saturated heterocycles. The molecule has 0 spiro atoms. The van der Waals surface area contributed by atoms with Crippen LogP contribution in [-0.2, 0) is 0 Å². The van der Waals surface area contributed by atoms with Crippen LogP contribution >= 0.6 is 0 Å². The highest BCUT2D eigenvalue weighted by molar-refractivity contribution is 5.91. The van der Waals surface area contributed by atoms with Gasteiger partial charge in [-0.25, -0.2) is 14.3 Å². The third-order valence-electron chi connectivity index (χ3n) is 1.96. The molecule has 0 aromatic carbocycles. The highest BCUT2D eigenvalue weighted by Crippen LogP contribution is 2.14. The number of carboxylic acids is 1. The summed E-state index contributed by atoms with van der Waals surface area (Å²) in [4.78, 5) is 14.6. The van der Waals surface area contributed by atoms with Gasteiger partial charge in [0.25, 0.3) is 0 Å². The number of nitrogens with zero attached hydrogens (tertiary/aromatic N) is 3. The molecule has 66 valence electrons. The smallest absolute Gasteiger partial charge is 0.337 e. The van der Waals surface area contributed by atoms with Crippen LogP contribution in [0.3, 0.4) is 0 Å². The lowest BCUT2D eigenvalue weighted by atomic mass is 10.2. The third-order valence-corrected chi connectivity index (χ3v) is 1.96. The Morgan fingerprint density at radius 1 is 1.62 bits per heavy atom. The van der Waals surface area contributed by atoms with Gasteiger partial charge in [0, 0.05) is 6.20 Å². The van der Waals surface area contributed by atoms with E-state index in [1.54, 1.807) is 13.1 Å². The second kappa shape index (κ2) is 2.55. The fraction of sp³-hybridized carbons (Fsp3) is 0.125. The van der Waals surface area contributed by atoms with Crippen molar-refractivity contribution in [1.29, 1.82) is 0 Å². The molecule has 0 atom stereocenters. The van der Waals surface area contributed by atoms with Crippen LogP contribution in [0.25, 0.3) is 5.52 Å². The summed E-state index contributed by atoms with van der Waals surface area (Å²) in [5.41, 5.74) is 1.67. The van der Waals surface area contributed by atoms with E-state index in [2.05, 4.69) is 10.1 Å². The lowest BCUT2D eigenvalue weighted by Gasteiger charge is -1.90. The second-order valence-electron chi connectivity index (χ2n) is 2.71. The molecule has 0 aliphatic heterocycles. The van der Waals surface area contributed by atoms with E-state index < -0.39 is 5.97 Å². The predicted molar refractivity (Wildman–Crippen MR) is 44.7 cm³/mol. The zero-order chi connectivity index (χ0) is 9.42. The van der Waals surface area contributed by atoms with Crippen molar-refractivity contribution in [2.75, 3.05) is 0 Å². The largest absolute Gasteiger partial charge is 0.478 e. The van der Waals surface area contributed by atoms with E-state index in [0.717, 1.165) is 5.52 Å². The van der Waals surface area contributed by atoms with Crippen molar-refractivity contribution < 1.29 is 9.90 Å². The maximum atomic E-state index is 10.7. The van der Waals surface area contributed by atoms with Gasteiger partial charge in [0.1, 0.15) is 6.33 Å². The van der Waals surface area contributed by atoms with Crippen LogP contribution in [0.2, 0.25) is 0 Å². The van der Waals surface area contributed by atoms with E-state index in [-0.39, 0.29) is 5.56 Å². The number of rotatable bonds is 1. The molecule has 0 saturated carbocycles. The lowest BCUT2D eigenvalue weighted by molar-refractivity contribution is 0.0696. The molecule has 5 heteroatoms. The highest BCUT2D eigenvalue weighted by Gasteiger charge is 2.12. The molecular formula is C8H7N3O2. The molecule has 1 N–H and O–H groups in total. The number of fused-ring (bicyclic) bond motifs is 1. The van der Waals surface area contributed by atoms with Gasteiger partial charge in [0.15, 0.2) is 0 Å². The average molecular weight is 177 g/mol. The SMILES string of the molecule is Cc1c(C(=O)O)cn2ncncc12. The highest BCUT2D eigenvalue weighted by atomic mass is 16.4. The van der Waals surface area contributed by atoms with E-state index >= 15 is 0 Å². The number of carbonyl (C=O) groups is 1. The van der Waals surface area contributed by atoms with Gasteiger partial charge in [-0.05, 0) is 12.5 Å². The Morgan fingerprint density at radius 2 is 2.38 bits per heavy atom.